The summed E-state index contributed by atoms with van der Waals surface area (Å²) in [7, 11) is 1.49. The zero-order valence-electron chi connectivity index (χ0n) is 15.1. The number of methoxy groups -OCH3 is 1. The van der Waals surface area contributed by atoms with Crippen LogP contribution in [0.4, 0.5) is 0 Å². The van der Waals surface area contributed by atoms with E-state index in [-0.39, 0.29) is 0 Å². The molecule has 0 saturated heterocycles. The van der Waals surface area contributed by atoms with Gasteiger partial charge in [-0.2, -0.15) is 0 Å². The van der Waals surface area contributed by atoms with E-state index < -0.39 is 17.4 Å². The summed E-state index contributed by atoms with van der Waals surface area (Å²) in [5.41, 5.74) is 1.68. The minimum Gasteiger partial charge on any atom is -0.493 e. The number of hydrogen-bond acceptors (Lipinski definition) is 6. The van der Waals surface area contributed by atoms with E-state index in [4.69, 9.17) is 9.47 Å². The Balaban J connectivity index is 1.73. The molecule has 1 aliphatic carbocycles. The van der Waals surface area contributed by atoms with Crippen molar-refractivity contribution in [1.82, 2.24) is 10.3 Å². The van der Waals surface area contributed by atoms with Crippen molar-refractivity contribution in [1.29, 1.82) is 0 Å². The number of nitrogens with one attached hydrogen (secondary N) is 1. The normalized spacial score (nSPS) is 15.7. The van der Waals surface area contributed by atoms with E-state index in [1.165, 1.54) is 18.4 Å². The standard InChI is InChI=1S/C19H22N2O5S/c1-25-16-9-13(5-6-15(16)26-10-14-11-27-12-20-14)17(22)21-19(18(23)24)7-3-2-4-8-19/h5-6,9,11-12H,2-4,7-8,10H2,1H3,(H,21,22)(H,23,24). The number of carbonyl (C=O) groups excluding carboxylic acids is 1. The van der Waals surface area contributed by atoms with Gasteiger partial charge in [0.15, 0.2) is 11.5 Å². The first-order chi connectivity index (χ1) is 13.0. The highest BCUT2D eigenvalue weighted by Crippen LogP contribution is 2.31. The van der Waals surface area contributed by atoms with Crippen LogP contribution in [0.25, 0.3) is 0 Å². The van der Waals surface area contributed by atoms with Crippen molar-refractivity contribution in [2.45, 2.75) is 44.2 Å². The number of carbonyl (C=O) groups is 2. The molecule has 3 rings (SSSR count). The number of aromatic nitrogens is 1. The lowest BCUT2D eigenvalue weighted by atomic mass is 9.81. The number of aliphatic carboxylic acids is 1. The Hall–Kier alpha value is -2.61. The third kappa shape index (κ3) is 4.39. The average Bonchev–Trinajstić information content (AvgIpc) is 3.20. The molecule has 0 bridgehead atoms. The summed E-state index contributed by atoms with van der Waals surface area (Å²) in [5, 5.41) is 14.2. The minimum atomic E-state index is -1.19. The van der Waals surface area contributed by atoms with Crippen LogP contribution in [0.3, 0.4) is 0 Å². The number of hydrogen-bond donors (Lipinski definition) is 2. The van der Waals surface area contributed by atoms with Gasteiger partial charge in [-0.15, -0.1) is 11.3 Å². The number of nitrogens with zero attached hydrogens (tertiary/aromatic N) is 1. The van der Waals surface area contributed by atoms with Crippen LogP contribution in [-0.2, 0) is 11.4 Å². The minimum absolute atomic E-state index is 0.299. The van der Waals surface area contributed by atoms with Crippen LogP contribution >= 0.6 is 11.3 Å². The summed E-state index contributed by atoms with van der Waals surface area (Å²) in [6.45, 7) is 0.299. The van der Waals surface area contributed by atoms with E-state index in [1.807, 2.05) is 5.38 Å². The molecule has 0 aliphatic heterocycles. The van der Waals surface area contributed by atoms with Crippen molar-refractivity contribution in [3.8, 4) is 11.5 Å². The molecule has 7 nitrogen and oxygen atoms in total. The maximum absolute atomic E-state index is 12.7. The van der Waals surface area contributed by atoms with E-state index in [2.05, 4.69) is 10.3 Å². The number of carboxylic acid groups (broad SMARTS) is 1. The van der Waals surface area contributed by atoms with Crippen molar-refractivity contribution >= 4 is 23.2 Å². The summed E-state index contributed by atoms with van der Waals surface area (Å²) in [5.74, 6) is -0.507. The summed E-state index contributed by atoms with van der Waals surface area (Å²) in [6.07, 6.45) is 3.46. The number of rotatable bonds is 7. The highest BCUT2D eigenvalue weighted by molar-refractivity contribution is 7.07. The summed E-state index contributed by atoms with van der Waals surface area (Å²) < 4.78 is 11.0. The summed E-state index contributed by atoms with van der Waals surface area (Å²) in [6, 6.07) is 4.81. The van der Waals surface area contributed by atoms with Gasteiger partial charge in [0.2, 0.25) is 0 Å². The van der Waals surface area contributed by atoms with Crippen LogP contribution in [0.5, 0.6) is 11.5 Å². The van der Waals surface area contributed by atoms with Gasteiger partial charge in [0.25, 0.3) is 5.91 Å². The molecule has 144 valence electrons. The molecule has 27 heavy (non-hydrogen) atoms. The third-order valence-electron chi connectivity index (χ3n) is 4.75. The van der Waals surface area contributed by atoms with Crippen LogP contribution in [-0.4, -0.2) is 34.6 Å². The zero-order chi connectivity index (χ0) is 19.3. The largest absolute Gasteiger partial charge is 0.493 e. The van der Waals surface area contributed by atoms with Crippen molar-refractivity contribution in [2.75, 3.05) is 7.11 Å². The molecule has 2 N–H and O–H groups in total. The number of thiazole rings is 1. The number of carboxylic acids is 1. The Bertz CT molecular complexity index is 800. The van der Waals surface area contributed by atoms with Crippen LogP contribution in [0.2, 0.25) is 0 Å². The molecule has 1 fully saturated rings. The summed E-state index contributed by atoms with van der Waals surface area (Å²) >= 11 is 1.49. The first-order valence-electron chi connectivity index (χ1n) is 8.78. The van der Waals surface area contributed by atoms with E-state index in [1.54, 1.807) is 23.7 Å². The molecule has 1 heterocycles. The van der Waals surface area contributed by atoms with Gasteiger partial charge in [0.05, 0.1) is 18.3 Å². The first kappa shape index (κ1) is 19.2. The smallest absolute Gasteiger partial charge is 0.329 e. The quantitative estimate of drug-likeness (QED) is 0.753. The van der Waals surface area contributed by atoms with Gasteiger partial charge in [-0.05, 0) is 31.0 Å². The Morgan fingerprint density at radius 1 is 1.26 bits per heavy atom. The molecule has 1 amide bonds. The number of ether oxygens (including phenoxy) is 2. The Morgan fingerprint density at radius 3 is 2.67 bits per heavy atom. The lowest BCUT2D eigenvalue weighted by Crippen LogP contribution is -2.55. The van der Waals surface area contributed by atoms with Crippen LogP contribution in [0, 0.1) is 0 Å². The molecule has 8 heteroatoms. The average molecular weight is 390 g/mol. The van der Waals surface area contributed by atoms with E-state index in [0.29, 0.717) is 36.5 Å². The van der Waals surface area contributed by atoms with Gasteiger partial charge in [-0.25, -0.2) is 9.78 Å². The maximum atomic E-state index is 12.7. The fourth-order valence-corrected chi connectivity index (χ4v) is 3.77. The zero-order valence-corrected chi connectivity index (χ0v) is 15.9. The Morgan fingerprint density at radius 2 is 2.04 bits per heavy atom. The SMILES string of the molecule is COc1cc(C(=O)NC2(C(=O)O)CCCCC2)ccc1OCc1cscn1. The molecular weight excluding hydrogens is 368 g/mol. The number of amides is 1. The molecule has 0 spiro atoms. The molecule has 1 aromatic carbocycles. The van der Waals surface area contributed by atoms with Crippen molar-refractivity contribution < 1.29 is 24.2 Å². The van der Waals surface area contributed by atoms with Gasteiger partial charge in [-0.3, -0.25) is 4.79 Å². The van der Waals surface area contributed by atoms with Gasteiger partial charge in [0, 0.05) is 10.9 Å². The van der Waals surface area contributed by atoms with Crippen molar-refractivity contribution in [3.63, 3.8) is 0 Å². The molecule has 2 aromatic rings. The summed E-state index contributed by atoms with van der Waals surface area (Å²) in [4.78, 5) is 28.6. The topological polar surface area (TPSA) is 97.8 Å². The molecule has 0 atom stereocenters. The predicted octanol–water partition coefficient (Wildman–Crippen LogP) is 3.25. The second-order valence-corrected chi connectivity index (χ2v) is 7.25. The van der Waals surface area contributed by atoms with Gasteiger partial charge >= 0.3 is 5.97 Å². The second-order valence-electron chi connectivity index (χ2n) is 6.54. The van der Waals surface area contributed by atoms with Crippen LogP contribution in [0.15, 0.2) is 29.1 Å². The molecule has 1 aliphatic rings. The monoisotopic (exact) mass is 390 g/mol. The molecule has 1 saturated carbocycles. The van der Waals surface area contributed by atoms with Gasteiger partial charge in [0.1, 0.15) is 12.1 Å². The fraction of sp³-hybridized carbons (Fsp3) is 0.421. The Labute approximate surface area is 161 Å². The van der Waals surface area contributed by atoms with Crippen molar-refractivity contribution in [2.24, 2.45) is 0 Å². The van der Waals surface area contributed by atoms with E-state index >= 15 is 0 Å². The molecular formula is C19H22N2O5S. The van der Waals surface area contributed by atoms with Crippen molar-refractivity contribution in [3.05, 3.63) is 40.3 Å². The molecule has 0 unspecified atom stereocenters. The third-order valence-corrected chi connectivity index (χ3v) is 5.39. The van der Waals surface area contributed by atoms with Crippen LogP contribution in [0.1, 0.15) is 48.2 Å². The Kier molecular flexibility index (Phi) is 5.95. The molecule has 0 radical (unpaired) electrons. The van der Waals surface area contributed by atoms with Gasteiger partial charge < -0.3 is 19.9 Å². The van der Waals surface area contributed by atoms with E-state index in [0.717, 1.165) is 25.0 Å². The highest BCUT2D eigenvalue weighted by Gasteiger charge is 2.41. The lowest BCUT2D eigenvalue weighted by molar-refractivity contribution is -0.145. The van der Waals surface area contributed by atoms with E-state index in [9.17, 15) is 14.7 Å². The second kappa shape index (κ2) is 8.39. The first-order valence-corrected chi connectivity index (χ1v) is 9.72. The molecule has 1 aromatic heterocycles. The predicted molar refractivity (Wildman–Crippen MR) is 100 cm³/mol. The van der Waals surface area contributed by atoms with Crippen LogP contribution < -0.4 is 14.8 Å². The maximum Gasteiger partial charge on any atom is 0.329 e. The highest BCUT2D eigenvalue weighted by atomic mass is 32.1. The lowest BCUT2D eigenvalue weighted by Gasteiger charge is -2.34. The van der Waals surface area contributed by atoms with Gasteiger partial charge in [-0.1, -0.05) is 19.3 Å². The number of benzene rings is 1. The fourth-order valence-electron chi connectivity index (χ4n) is 3.23.